The Kier molecular flexibility index (Phi) is 2.42. The Morgan fingerprint density at radius 2 is 2.40 bits per heavy atom. The van der Waals surface area contributed by atoms with Crippen molar-refractivity contribution in [3.63, 3.8) is 0 Å². The van der Waals surface area contributed by atoms with E-state index >= 15 is 0 Å². The summed E-state index contributed by atoms with van der Waals surface area (Å²) in [5, 5.41) is 2.91. The fourth-order valence-electron chi connectivity index (χ4n) is 1.15. The van der Waals surface area contributed by atoms with Gasteiger partial charge in [0.05, 0.1) is 0 Å². The second-order valence-electron chi connectivity index (χ2n) is 3.56. The van der Waals surface area contributed by atoms with Gasteiger partial charge in [-0.1, -0.05) is 6.08 Å². The predicted octanol–water partition coefficient (Wildman–Crippen LogP) is 2.13. The zero-order valence-corrected chi connectivity index (χ0v) is 7.45. The van der Waals surface area contributed by atoms with Crippen LogP contribution in [0, 0.1) is 0 Å². The number of thioether (sulfide) groups is 1. The second kappa shape index (κ2) is 2.97. The topological polar surface area (TPSA) is 26.0 Å². The van der Waals surface area contributed by atoms with Crippen LogP contribution >= 0.6 is 11.8 Å². The molecule has 0 bridgehead atoms. The molecule has 2 heteroatoms. The van der Waals surface area contributed by atoms with Crippen molar-refractivity contribution < 1.29 is 0 Å². The molecule has 0 spiro atoms. The molecule has 1 heterocycles. The van der Waals surface area contributed by atoms with Crippen molar-refractivity contribution in [2.24, 2.45) is 5.73 Å². The van der Waals surface area contributed by atoms with Gasteiger partial charge < -0.3 is 5.73 Å². The van der Waals surface area contributed by atoms with Crippen molar-refractivity contribution in [3.05, 3.63) is 11.5 Å². The Morgan fingerprint density at radius 1 is 1.70 bits per heavy atom. The quantitative estimate of drug-likeness (QED) is 0.664. The predicted molar refractivity (Wildman–Crippen MR) is 48.0 cm³/mol. The summed E-state index contributed by atoms with van der Waals surface area (Å²) in [7, 11) is 0. The maximum atomic E-state index is 5.87. The fourth-order valence-corrected chi connectivity index (χ4v) is 2.34. The average molecular weight is 157 g/mol. The molecule has 1 rings (SSSR count). The molecular formula is C8H15NS. The Balaban J connectivity index is 2.26. The van der Waals surface area contributed by atoms with Crippen molar-refractivity contribution in [1.82, 2.24) is 0 Å². The van der Waals surface area contributed by atoms with Gasteiger partial charge in [-0.05, 0) is 32.1 Å². The summed E-state index contributed by atoms with van der Waals surface area (Å²) in [6.45, 7) is 4.18. The average Bonchev–Trinajstić information content (AvgIpc) is 2.12. The number of allylic oxidation sites excluding steroid dienone is 1. The molecule has 0 aliphatic carbocycles. The molecule has 0 aromatic carbocycles. The lowest BCUT2D eigenvalue weighted by Gasteiger charge is -2.21. The third-order valence-corrected chi connectivity index (χ3v) is 2.61. The molecule has 2 N–H and O–H groups in total. The molecule has 1 unspecified atom stereocenters. The van der Waals surface area contributed by atoms with Crippen molar-refractivity contribution in [2.45, 2.75) is 37.5 Å². The second-order valence-corrected chi connectivity index (χ2v) is 4.77. The highest BCUT2D eigenvalue weighted by molar-refractivity contribution is 8.03. The van der Waals surface area contributed by atoms with Gasteiger partial charge >= 0.3 is 0 Å². The molecule has 1 aliphatic rings. The van der Waals surface area contributed by atoms with E-state index in [0.29, 0.717) is 0 Å². The minimum absolute atomic E-state index is 0.00366. The number of hydrogen-bond acceptors (Lipinski definition) is 2. The molecule has 1 atom stereocenters. The standard InChI is InChI=1S/C8H15NS/c1-8(2,9)6-7-4-3-5-10-7/h3,5,7H,4,6,9H2,1-2H3. The summed E-state index contributed by atoms with van der Waals surface area (Å²) >= 11 is 1.91. The van der Waals surface area contributed by atoms with E-state index in [9.17, 15) is 0 Å². The summed E-state index contributed by atoms with van der Waals surface area (Å²) in [5.74, 6) is 0. The Hall–Kier alpha value is 0.0500. The van der Waals surface area contributed by atoms with Crippen LogP contribution in [0.2, 0.25) is 0 Å². The van der Waals surface area contributed by atoms with Crippen LogP contribution < -0.4 is 5.73 Å². The molecule has 0 radical (unpaired) electrons. The zero-order chi connectivity index (χ0) is 7.61. The van der Waals surface area contributed by atoms with Gasteiger partial charge in [-0.3, -0.25) is 0 Å². The molecule has 0 saturated heterocycles. The lowest BCUT2D eigenvalue weighted by molar-refractivity contribution is 0.470. The molecule has 1 aliphatic heterocycles. The third kappa shape index (κ3) is 2.76. The van der Waals surface area contributed by atoms with E-state index in [2.05, 4.69) is 25.3 Å². The first-order chi connectivity index (χ1) is 4.58. The summed E-state index contributed by atoms with van der Waals surface area (Å²) < 4.78 is 0. The molecule has 58 valence electrons. The SMILES string of the molecule is CC(C)(N)CC1CC=CS1. The van der Waals surface area contributed by atoms with Gasteiger partial charge in [-0.25, -0.2) is 0 Å². The lowest BCUT2D eigenvalue weighted by Crippen LogP contribution is -2.34. The first-order valence-electron chi connectivity index (χ1n) is 3.67. The van der Waals surface area contributed by atoms with Crippen molar-refractivity contribution >= 4 is 11.8 Å². The Labute approximate surface area is 67.1 Å². The van der Waals surface area contributed by atoms with Gasteiger partial charge in [0.1, 0.15) is 0 Å². The monoisotopic (exact) mass is 157 g/mol. The van der Waals surface area contributed by atoms with Crippen LogP contribution in [0.3, 0.4) is 0 Å². The molecule has 0 amide bonds. The van der Waals surface area contributed by atoms with Crippen LogP contribution in [-0.2, 0) is 0 Å². The van der Waals surface area contributed by atoms with Crippen LogP contribution in [0.25, 0.3) is 0 Å². The fraction of sp³-hybridized carbons (Fsp3) is 0.750. The maximum Gasteiger partial charge on any atom is 0.0140 e. The highest BCUT2D eigenvalue weighted by Gasteiger charge is 2.19. The van der Waals surface area contributed by atoms with E-state index in [1.54, 1.807) is 0 Å². The molecule has 0 aromatic heterocycles. The minimum Gasteiger partial charge on any atom is -0.326 e. The minimum atomic E-state index is 0.00366. The molecular weight excluding hydrogens is 142 g/mol. The Bertz CT molecular complexity index is 127. The third-order valence-electron chi connectivity index (χ3n) is 1.52. The normalized spacial score (nSPS) is 25.7. The Morgan fingerprint density at radius 3 is 2.80 bits per heavy atom. The van der Waals surface area contributed by atoms with Crippen molar-refractivity contribution in [2.75, 3.05) is 0 Å². The van der Waals surface area contributed by atoms with Crippen LogP contribution in [-0.4, -0.2) is 10.8 Å². The van der Waals surface area contributed by atoms with E-state index in [0.717, 1.165) is 11.7 Å². The van der Waals surface area contributed by atoms with E-state index in [-0.39, 0.29) is 5.54 Å². The summed E-state index contributed by atoms with van der Waals surface area (Å²) in [5.41, 5.74) is 5.88. The van der Waals surface area contributed by atoms with Gasteiger partial charge in [0.15, 0.2) is 0 Å². The van der Waals surface area contributed by atoms with E-state index in [1.807, 2.05) is 11.8 Å². The summed E-state index contributed by atoms with van der Waals surface area (Å²) in [4.78, 5) is 0. The largest absolute Gasteiger partial charge is 0.326 e. The van der Waals surface area contributed by atoms with Crippen molar-refractivity contribution in [3.8, 4) is 0 Å². The maximum absolute atomic E-state index is 5.87. The zero-order valence-electron chi connectivity index (χ0n) is 6.63. The first kappa shape index (κ1) is 8.15. The van der Waals surface area contributed by atoms with Gasteiger partial charge in [0.2, 0.25) is 0 Å². The summed E-state index contributed by atoms with van der Waals surface area (Å²) in [6, 6.07) is 0. The van der Waals surface area contributed by atoms with Crippen LogP contribution in [0.1, 0.15) is 26.7 Å². The van der Waals surface area contributed by atoms with Crippen LogP contribution in [0.5, 0.6) is 0 Å². The van der Waals surface area contributed by atoms with Crippen LogP contribution in [0.4, 0.5) is 0 Å². The molecule has 1 nitrogen and oxygen atoms in total. The van der Waals surface area contributed by atoms with E-state index < -0.39 is 0 Å². The lowest BCUT2D eigenvalue weighted by atomic mass is 9.99. The van der Waals surface area contributed by atoms with Gasteiger partial charge in [0, 0.05) is 10.8 Å². The highest BCUT2D eigenvalue weighted by atomic mass is 32.2. The van der Waals surface area contributed by atoms with Gasteiger partial charge in [0.25, 0.3) is 0 Å². The molecule has 0 fully saturated rings. The first-order valence-corrected chi connectivity index (χ1v) is 4.61. The smallest absolute Gasteiger partial charge is 0.0140 e. The van der Waals surface area contributed by atoms with Gasteiger partial charge in [-0.2, -0.15) is 0 Å². The number of hydrogen-bond donors (Lipinski definition) is 1. The molecule has 0 saturated carbocycles. The van der Waals surface area contributed by atoms with Gasteiger partial charge in [-0.15, -0.1) is 11.8 Å². The molecule has 10 heavy (non-hydrogen) atoms. The highest BCUT2D eigenvalue weighted by Crippen LogP contribution is 2.29. The van der Waals surface area contributed by atoms with Crippen LogP contribution in [0.15, 0.2) is 11.5 Å². The number of rotatable bonds is 2. The van der Waals surface area contributed by atoms with E-state index in [1.165, 1.54) is 6.42 Å². The van der Waals surface area contributed by atoms with Crippen molar-refractivity contribution in [1.29, 1.82) is 0 Å². The summed E-state index contributed by atoms with van der Waals surface area (Å²) in [6.07, 6.45) is 4.54. The molecule has 0 aromatic rings. The number of nitrogens with two attached hydrogens (primary N) is 1. The van der Waals surface area contributed by atoms with E-state index in [4.69, 9.17) is 5.73 Å².